The predicted molar refractivity (Wildman–Crippen MR) is 187 cm³/mol. The summed E-state index contributed by atoms with van der Waals surface area (Å²) < 4.78 is 54.1. The fraction of sp³-hybridized carbons (Fsp3) is 0.474. The van der Waals surface area contributed by atoms with Gasteiger partial charge in [-0.1, -0.05) is 32.4 Å². The molecule has 4 atom stereocenters. The maximum absolute atomic E-state index is 15.1. The van der Waals surface area contributed by atoms with Gasteiger partial charge in [0.2, 0.25) is 11.7 Å². The summed E-state index contributed by atoms with van der Waals surface area (Å²) in [6.45, 7) is 10.4. The molecule has 0 aliphatic carbocycles. The lowest BCUT2D eigenvalue weighted by Crippen LogP contribution is -2.43. The van der Waals surface area contributed by atoms with E-state index in [0.717, 1.165) is 12.8 Å². The number of benzene rings is 2. The fourth-order valence-electron chi connectivity index (χ4n) is 6.98. The van der Waals surface area contributed by atoms with Gasteiger partial charge in [-0.15, -0.1) is 6.42 Å². The van der Waals surface area contributed by atoms with Crippen LogP contribution >= 0.6 is 0 Å². The normalized spacial score (nSPS) is 23.0. The Hall–Kier alpha value is -4.96. The smallest absolute Gasteiger partial charge is 0.322 e. The third kappa shape index (κ3) is 7.15. The summed E-state index contributed by atoms with van der Waals surface area (Å²) in [5, 5.41) is 0.957. The average Bonchev–Trinajstić information content (AvgIpc) is 3.67. The summed E-state index contributed by atoms with van der Waals surface area (Å²) in [4.78, 5) is 40.0. The van der Waals surface area contributed by atoms with Gasteiger partial charge in [0.25, 0.3) is 5.88 Å². The zero-order valence-corrected chi connectivity index (χ0v) is 29.6. The standard InChI is InChI=1S/C38H43F2N5O6/c1-8-27-29(40)13-12-23-15-26(50-36(47)22(3)4)16-28(32(23)27)30-20-48-33-34(43(6)19-25-11-10-14-45(25)31(46)9-2)41-37(42-35(33)51-30)49-21-38(5)17-24(39)18-44(38)7/h1,9,12-13,15-16,22,24-25,30H,2,10-11,14,17-21H2,3-7H3/t24-,25+,30?,38+/m1/s1. The molecule has 2 aromatic carbocycles. The summed E-state index contributed by atoms with van der Waals surface area (Å²) in [6.07, 6.45) is 7.21. The van der Waals surface area contributed by atoms with Crippen molar-refractivity contribution >= 4 is 28.5 Å². The van der Waals surface area contributed by atoms with Gasteiger partial charge < -0.3 is 28.7 Å². The van der Waals surface area contributed by atoms with E-state index in [2.05, 4.69) is 17.5 Å². The first-order valence-corrected chi connectivity index (χ1v) is 17.1. The van der Waals surface area contributed by atoms with Gasteiger partial charge in [0, 0.05) is 50.1 Å². The van der Waals surface area contributed by atoms with E-state index in [1.54, 1.807) is 36.9 Å². The second-order valence-corrected chi connectivity index (χ2v) is 14.0. The largest absolute Gasteiger partial charge is 0.481 e. The number of carbonyl (C=O) groups excluding carboxylic acids is 2. The molecule has 1 unspecified atom stereocenters. The molecule has 0 N–H and O–H groups in total. The lowest BCUT2D eigenvalue weighted by atomic mass is 9.95. The Morgan fingerprint density at radius 3 is 2.76 bits per heavy atom. The molecule has 1 aromatic heterocycles. The summed E-state index contributed by atoms with van der Waals surface area (Å²) in [6, 6.07) is 5.95. The van der Waals surface area contributed by atoms with Crippen LogP contribution in [0.25, 0.3) is 10.8 Å². The van der Waals surface area contributed by atoms with Crippen LogP contribution in [0.5, 0.6) is 23.4 Å². The number of amides is 1. The number of likely N-dealkylation sites (tertiary alicyclic amines) is 2. The Morgan fingerprint density at radius 2 is 2.08 bits per heavy atom. The van der Waals surface area contributed by atoms with Crippen LogP contribution in [-0.4, -0.2) is 96.3 Å². The Balaban J connectivity index is 1.39. The van der Waals surface area contributed by atoms with E-state index in [1.807, 2.05) is 30.8 Å². The van der Waals surface area contributed by atoms with Gasteiger partial charge in [0.05, 0.1) is 17.0 Å². The van der Waals surface area contributed by atoms with Crippen LogP contribution in [-0.2, 0) is 9.59 Å². The first-order valence-electron chi connectivity index (χ1n) is 17.1. The molecule has 13 heteroatoms. The number of nitrogens with zero attached hydrogens (tertiary/aromatic N) is 5. The second-order valence-electron chi connectivity index (χ2n) is 14.0. The zero-order valence-electron chi connectivity index (χ0n) is 29.6. The highest BCUT2D eigenvalue weighted by Gasteiger charge is 2.41. The van der Waals surface area contributed by atoms with Crippen molar-refractivity contribution < 1.29 is 37.3 Å². The molecule has 2 fully saturated rings. The Kier molecular flexibility index (Phi) is 10.1. The van der Waals surface area contributed by atoms with Crippen molar-refractivity contribution in [1.82, 2.24) is 19.8 Å². The van der Waals surface area contributed by atoms with Crippen LogP contribution in [0, 0.1) is 24.1 Å². The number of ether oxygens (including phenoxy) is 4. The number of terminal acetylenes is 1. The number of likely N-dealkylation sites (N-methyl/N-ethyl adjacent to an activating group) is 2. The Labute approximate surface area is 296 Å². The molecular formula is C38H43F2N5O6. The number of halogens is 2. The molecule has 0 radical (unpaired) electrons. The van der Waals surface area contributed by atoms with E-state index in [-0.39, 0.29) is 60.5 Å². The predicted octanol–water partition coefficient (Wildman–Crippen LogP) is 5.25. The molecular weight excluding hydrogens is 660 g/mol. The molecule has 4 heterocycles. The molecule has 3 aliphatic rings. The highest BCUT2D eigenvalue weighted by atomic mass is 19.1. The number of fused-ring (bicyclic) bond motifs is 2. The first kappa shape index (κ1) is 35.9. The van der Waals surface area contributed by atoms with Gasteiger partial charge in [0.15, 0.2) is 11.9 Å². The van der Waals surface area contributed by atoms with Crippen molar-refractivity contribution in [2.45, 2.75) is 63.9 Å². The van der Waals surface area contributed by atoms with E-state index in [9.17, 15) is 14.0 Å². The van der Waals surface area contributed by atoms with Crippen LogP contribution in [0.4, 0.5) is 14.6 Å². The highest BCUT2D eigenvalue weighted by molar-refractivity contribution is 5.93. The van der Waals surface area contributed by atoms with Gasteiger partial charge in [-0.3, -0.25) is 14.5 Å². The number of hydrogen-bond acceptors (Lipinski definition) is 10. The van der Waals surface area contributed by atoms with Gasteiger partial charge in [0.1, 0.15) is 31.0 Å². The number of carbonyl (C=O) groups is 2. The molecule has 3 aliphatic heterocycles. The van der Waals surface area contributed by atoms with E-state index in [4.69, 9.17) is 30.4 Å². The minimum absolute atomic E-state index is 0.0120. The van der Waals surface area contributed by atoms with Crippen LogP contribution in [0.1, 0.15) is 57.3 Å². The molecule has 1 amide bonds. The molecule has 270 valence electrons. The number of rotatable bonds is 10. The molecule has 2 saturated heterocycles. The Bertz CT molecular complexity index is 1900. The SMILES string of the molecule is C#Cc1c(F)ccc2cc(OC(=O)C(C)C)cc(C3COc4c(nc(OC[C@]5(C)C[C@@H](F)CN5C)nc4N(C)C[C@@H]4CCCN4C(=O)C=C)O3)c12. The summed E-state index contributed by atoms with van der Waals surface area (Å²) >= 11 is 0. The third-order valence-corrected chi connectivity index (χ3v) is 9.93. The molecule has 6 rings (SSSR count). The minimum atomic E-state index is -0.983. The zero-order chi connectivity index (χ0) is 36.6. The number of aromatic nitrogens is 2. The first-order chi connectivity index (χ1) is 24.3. The molecule has 0 bridgehead atoms. The topological polar surface area (TPSA) is 107 Å². The number of esters is 1. The monoisotopic (exact) mass is 703 g/mol. The van der Waals surface area contributed by atoms with Crippen LogP contribution < -0.4 is 23.8 Å². The number of anilines is 1. The van der Waals surface area contributed by atoms with Crippen molar-refractivity contribution in [3.05, 3.63) is 53.9 Å². The quantitative estimate of drug-likeness (QED) is 0.120. The van der Waals surface area contributed by atoms with Crippen molar-refractivity contribution in [2.24, 2.45) is 5.92 Å². The van der Waals surface area contributed by atoms with Crippen molar-refractivity contribution in [2.75, 3.05) is 51.8 Å². The van der Waals surface area contributed by atoms with Crippen molar-refractivity contribution in [3.63, 3.8) is 0 Å². The highest BCUT2D eigenvalue weighted by Crippen LogP contribution is 2.45. The fourth-order valence-corrected chi connectivity index (χ4v) is 6.98. The Morgan fingerprint density at radius 1 is 1.29 bits per heavy atom. The molecule has 3 aromatic rings. The molecule has 0 spiro atoms. The average molecular weight is 704 g/mol. The third-order valence-electron chi connectivity index (χ3n) is 9.93. The summed E-state index contributed by atoms with van der Waals surface area (Å²) in [5.41, 5.74) is -0.129. The summed E-state index contributed by atoms with van der Waals surface area (Å²) in [7, 11) is 3.68. The second kappa shape index (κ2) is 14.3. The van der Waals surface area contributed by atoms with Gasteiger partial charge in [-0.25, -0.2) is 8.78 Å². The van der Waals surface area contributed by atoms with Crippen molar-refractivity contribution in [1.29, 1.82) is 0 Å². The number of alkyl halides is 1. The molecule has 11 nitrogen and oxygen atoms in total. The lowest BCUT2D eigenvalue weighted by Gasteiger charge is -2.33. The van der Waals surface area contributed by atoms with E-state index < -0.39 is 35.5 Å². The van der Waals surface area contributed by atoms with Crippen molar-refractivity contribution in [3.8, 4) is 35.7 Å². The van der Waals surface area contributed by atoms with Crippen LogP contribution in [0.2, 0.25) is 0 Å². The van der Waals surface area contributed by atoms with E-state index >= 15 is 4.39 Å². The maximum Gasteiger partial charge on any atom is 0.322 e. The molecule has 51 heavy (non-hydrogen) atoms. The van der Waals surface area contributed by atoms with Crippen LogP contribution in [0.3, 0.4) is 0 Å². The van der Waals surface area contributed by atoms with Gasteiger partial charge >= 0.3 is 12.0 Å². The minimum Gasteiger partial charge on any atom is -0.481 e. The van der Waals surface area contributed by atoms with Crippen LogP contribution in [0.15, 0.2) is 36.9 Å². The maximum atomic E-state index is 15.1. The van der Waals surface area contributed by atoms with E-state index in [1.165, 1.54) is 12.1 Å². The van der Waals surface area contributed by atoms with Gasteiger partial charge in [-0.05, 0) is 56.5 Å². The van der Waals surface area contributed by atoms with E-state index in [0.29, 0.717) is 41.8 Å². The molecule has 0 saturated carbocycles. The summed E-state index contributed by atoms with van der Waals surface area (Å²) in [5.74, 6) is 1.83. The number of hydrogen-bond donors (Lipinski definition) is 0. The lowest BCUT2D eigenvalue weighted by molar-refractivity contribution is -0.137. The van der Waals surface area contributed by atoms with Gasteiger partial charge in [-0.2, -0.15) is 9.97 Å².